The molecule has 0 saturated heterocycles. The van der Waals surface area contributed by atoms with Crippen LogP contribution in [-0.2, 0) is 28.6 Å². The van der Waals surface area contributed by atoms with Crippen LogP contribution in [0, 0.1) is 0 Å². The molecule has 0 bridgehead atoms. The van der Waals surface area contributed by atoms with E-state index in [1.807, 2.05) is 0 Å². The first-order chi connectivity index (χ1) is 40.0. The molecule has 6 heteroatoms. The normalized spacial score (nSPS) is 12.8. The molecule has 0 spiro atoms. The van der Waals surface area contributed by atoms with E-state index in [0.29, 0.717) is 19.3 Å². The maximum Gasteiger partial charge on any atom is 0.306 e. The van der Waals surface area contributed by atoms with Gasteiger partial charge in [-0.05, 0) is 122 Å². The molecule has 0 radical (unpaired) electrons. The average molecular weight is 1130 g/mol. The lowest BCUT2D eigenvalue weighted by Gasteiger charge is -2.18. The van der Waals surface area contributed by atoms with Crippen LogP contribution in [0.5, 0.6) is 0 Å². The van der Waals surface area contributed by atoms with Gasteiger partial charge in [0.15, 0.2) is 6.10 Å². The third kappa shape index (κ3) is 66.8. The summed E-state index contributed by atoms with van der Waals surface area (Å²) in [4.78, 5) is 38.4. The summed E-state index contributed by atoms with van der Waals surface area (Å²) >= 11 is 0. The molecular weight excluding hydrogens is 997 g/mol. The highest BCUT2D eigenvalue weighted by atomic mass is 16.6. The first kappa shape index (κ1) is 77.1. The van der Waals surface area contributed by atoms with Crippen molar-refractivity contribution < 1.29 is 28.6 Å². The van der Waals surface area contributed by atoms with E-state index < -0.39 is 6.10 Å². The number of hydrogen-bond acceptors (Lipinski definition) is 6. The summed E-state index contributed by atoms with van der Waals surface area (Å²) < 4.78 is 16.9. The zero-order valence-corrected chi connectivity index (χ0v) is 53.3. The maximum absolute atomic E-state index is 12.9. The predicted octanol–water partition coefficient (Wildman–Crippen LogP) is 23.8. The van der Waals surface area contributed by atoms with Crippen molar-refractivity contribution in [2.45, 2.75) is 335 Å². The molecule has 0 N–H and O–H groups in total. The molecule has 0 aromatic carbocycles. The van der Waals surface area contributed by atoms with Crippen molar-refractivity contribution in [1.82, 2.24) is 0 Å². The fraction of sp³-hybridized carbons (Fsp3) is 0.720. The van der Waals surface area contributed by atoms with Gasteiger partial charge in [0.05, 0.1) is 0 Å². The smallest absolute Gasteiger partial charge is 0.306 e. The molecule has 0 rings (SSSR count). The third-order valence-corrected chi connectivity index (χ3v) is 14.7. The molecule has 0 aliphatic carbocycles. The second-order valence-electron chi connectivity index (χ2n) is 22.7. The molecule has 0 amide bonds. The summed E-state index contributed by atoms with van der Waals surface area (Å²) in [5.41, 5.74) is 0. The lowest BCUT2D eigenvalue weighted by Crippen LogP contribution is -2.30. The molecular formula is C75H128O6. The van der Waals surface area contributed by atoms with E-state index in [9.17, 15) is 14.4 Å². The van der Waals surface area contributed by atoms with Gasteiger partial charge in [0.25, 0.3) is 0 Å². The van der Waals surface area contributed by atoms with Crippen LogP contribution in [0.15, 0.2) is 109 Å². The summed E-state index contributed by atoms with van der Waals surface area (Å²) in [7, 11) is 0. The van der Waals surface area contributed by atoms with E-state index >= 15 is 0 Å². The Bertz CT molecular complexity index is 1620. The van der Waals surface area contributed by atoms with Crippen LogP contribution in [-0.4, -0.2) is 37.2 Å². The fourth-order valence-corrected chi connectivity index (χ4v) is 9.66. The van der Waals surface area contributed by atoms with Crippen molar-refractivity contribution >= 4 is 17.9 Å². The first-order valence-electron chi connectivity index (χ1n) is 34.4. The van der Waals surface area contributed by atoms with E-state index in [2.05, 4.69) is 130 Å². The Balaban J connectivity index is 4.25. The van der Waals surface area contributed by atoms with Gasteiger partial charge in [-0.1, -0.05) is 297 Å². The highest BCUT2D eigenvalue weighted by Crippen LogP contribution is 2.17. The van der Waals surface area contributed by atoms with Crippen LogP contribution in [0.2, 0.25) is 0 Å². The Morgan fingerprint density at radius 3 is 0.753 bits per heavy atom. The number of rotatable bonds is 62. The minimum absolute atomic E-state index is 0.0871. The topological polar surface area (TPSA) is 78.9 Å². The molecule has 464 valence electrons. The third-order valence-electron chi connectivity index (χ3n) is 14.7. The Morgan fingerprint density at radius 2 is 0.481 bits per heavy atom. The minimum Gasteiger partial charge on any atom is -0.462 e. The fourth-order valence-electron chi connectivity index (χ4n) is 9.66. The predicted molar refractivity (Wildman–Crippen MR) is 353 cm³/mol. The van der Waals surface area contributed by atoms with Gasteiger partial charge in [-0.25, -0.2) is 0 Å². The second-order valence-corrected chi connectivity index (χ2v) is 22.7. The summed E-state index contributed by atoms with van der Waals surface area (Å²) in [5, 5.41) is 0. The number of unbranched alkanes of at least 4 members (excludes halogenated alkanes) is 33. The summed E-state index contributed by atoms with van der Waals surface area (Å²) in [6, 6.07) is 0. The van der Waals surface area contributed by atoms with Gasteiger partial charge >= 0.3 is 17.9 Å². The average Bonchev–Trinajstić information content (AvgIpc) is 3.47. The summed E-state index contributed by atoms with van der Waals surface area (Å²) in [6.45, 7) is 6.41. The van der Waals surface area contributed by atoms with Crippen LogP contribution in [0.4, 0.5) is 0 Å². The van der Waals surface area contributed by atoms with Crippen molar-refractivity contribution in [2.75, 3.05) is 13.2 Å². The molecule has 0 aromatic heterocycles. The number of hydrogen-bond donors (Lipinski definition) is 0. The quantitative estimate of drug-likeness (QED) is 0.0261. The Hall–Kier alpha value is -3.93. The number of allylic oxidation sites excluding steroid dienone is 18. The van der Waals surface area contributed by atoms with E-state index in [1.54, 1.807) is 0 Å². The molecule has 1 unspecified atom stereocenters. The Labute approximate surface area is 501 Å². The SMILES string of the molecule is CC/C=C\C/C=C\C/C=C\CCCCCCCCCC(=O)OC(COC(=O)CCCCCCC/C=C\C/C=C\C/C=C\CC)COC(=O)CCCCCCCCCCCCCCCCCC/C=C\C/C=C\C/C=C\CCCCCCC. The van der Waals surface area contributed by atoms with Gasteiger partial charge in [0, 0.05) is 19.3 Å². The van der Waals surface area contributed by atoms with Crippen LogP contribution in [0.3, 0.4) is 0 Å². The molecule has 0 aliphatic heterocycles. The number of carbonyl (C=O) groups excluding carboxylic acids is 3. The summed E-state index contributed by atoms with van der Waals surface area (Å²) in [6.07, 6.45) is 94.0. The van der Waals surface area contributed by atoms with Gasteiger partial charge in [-0.3, -0.25) is 14.4 Å². The van der Waals surface area contributed by atoms with Gasteiger partial charge in [0.2, 0.25) is 0 Å². The number of ether oxygens (including phenoxy) is 3. The molecule has 0 saturated carbocycles. The second kappa shape index (κ2) is 68.6. The highest BCUT2D eigenvalue weighted by molar-refractivity contribution is 5.71. The molecule has 1 atom stereocenters. The van der Waals surface area contributed by atoms with E-state index in [-0.39, 0.29) is 31.1 Å². The Morgan fingerprint density at radius 1 is 0.259 bits per heavy atom. The molecule has 0 aromatic rings. The zero-order chi connectivity index (χ0) is 58.5. The number of esters is 3. The van der Waals surface area contributed by atoms with Crippen molar-refractivity contribution in [3.05, 3.63) is 109 Å². The molecule has 0 fully saturated rings. The maximum atomic E-state index is 12.9. The van der Waals surface area contributed by atoms with Crippen LogP contribution >= 0.6 is 0 Å². The standard InChI is InChI=1S/C75H128O6/c1-4-7-10-13-16-19-22-25-28-30-31-32-33-34-35-36-37-38-39-40-41-42-43-45-47-50-53-56-59-62-65-68-74(77)80-71-72(70-79-73(76)67-64-61-58-55-52-49-46-27-24-21-18-15-12-9-6-3)81-75(78)69-66-63-60-57-54-51-48-44-29-26-23-20-17-14-11-8-5-2/h8-9,11-12,17-18,20-22,25-27,29-31,33-34,46,72H,4-7,10,13-16,19,23-24,28,32,35-45,47-71H2,1-3H3/b11-8-,12-9-,20-17-,21-18-,25-22-,29-26-,31-30-,34-33-,46-27-. The zero-order valence-electron chi connectivity index (χ0n) is 53.3. The lowest BCUT2D eigenvalue weighted by molar-refractivity contribution is -0.167. The monoisotopic (exact) mass is 1120 g/mol. The van der Waals surface area contributed by atoms with Gasteiger partial charge in [-0.2, -0.15) is 0 Å². The van der Waals surface area contributed by atoms with Crippen LogP contribution < -0.4 is 0 Å². The summed E-state index contributed by atoms with van der Waals surface area (Å²) in [5.74, 6) is -0.904. The van der Waals surface area contributed by atoms with Crippen molar-refractivity contribution in [1.29, 1.82) is 0 Å². The molecule has 0 aliphatic rings. The van der Waals surface area contributed by atoms with Crippen molar-refractivity contribution in [2.24, 2.45) is 0 Å². The van der Waals surface area contributed by atoms with Crippen LogP contribution in [0.25, 0.3) is 0 Å². The van der Waals surface area contributed by atoms with Crippen LogP contribution in [0.1, 0.15) is 329 Å². The van der Waals surface area contributed by atoms with E-state index in [4.69, 9.17) is 14.2 Å². The molecule has 6 nitrogen and oxygen atoms in total. The largest absolute Gasteiger partial charge is 0.462 e. The number of carbonyl (C=O) groups is 3. The van der Waals surface area contributed by atoms with Crippen molar-refractivity contribution in [3.63, 3.8) is 0 Å². The molecule has 81 heavy (non-hydrogen) atoms. The van der Waals surface area contributed by atoms with E-state index in [1.165, 1.54) is 154 Å². The Kier molecular flexibility index (Phi) is 65.2. The van der Waals surface area contributed by atoms with Crippen molar-refractivity contribution in [3.8, 4) is 0 Å². The van der Waals surface area contributed by atoms with Gasteiger partial charge in [-0.15, -0.1) is 0 Å². The van der Waals surface area contributed by atoms with Gasteiger partial charge in [0.1, 0.15) is 13.2 Å². The minimum atomic E-state index is -0.793. The lowest BCUT2D eigenvalue weighted by atomic mass is 10.0. The molecule has 0 heterocycles. The first-order valence-corrected chi connectivity index (χ1v) is 34.4. The highest BCUT2D eigenvalue weighted by Gasteiger charge is 2.19. The van der Waals surface area contributed by atoms with Gasteiger partial charge < -0.3 is 14.2 Å². The van der Waals surface area contributed by atoms with E-state index in [0.717, 1.165) is 135 Å².